The predicted molar refractivity (Wildman–Crippen MR) is 157 cm³/mol. The summed E-state index contributed by atoms with van der Waals surface area (Å²) in [6.07, 6.45) is 1.30. The summed E-state index contributed by atoms with van der Waals surface area (Å²) in [5.41, 5.74) is 2.42. The molecule has 0 saturated heterocycles. The van der Waals surface area contributed by atoms with Crippen molar-refractivity contribution >= 4 is 45.1 Å². The molecule has 220 valence electrons. The van der Waals surface area contributed by atoms with E-state index in [4.69, 9.17) is 4.74 Å². The number of rotatable bonds is 12. The number of nitro groups is 1. The summed E-state index contributed by atoms with van der Waals surface area (Å²) in [5.74, 6) is -1.33. The molecule has 0 unspecified atom stereocenters. The van der Waals surface area contributed by atoms with Crippen LogP contribution in [0.4, 0.5) is 21.5 Å². The number of hydrogen-bond acceptors (Lipinski definition) is 8. The number of amides is 2. The maximum Gasteiger partial charge on any atom is 0.293 e. The number of nitrogens with one attached hydrogen (secondary N) is 2. The number of halogens is 1. The molecular formula is C29H24FN5O7S. The van der Waals surface area contributed by atoms with E-state index in [-0.39, 0.29) is 17.2 Å². The van der Waals surface area contributed by atoms with Crippen LogP contribution < -0.4 is 19.8 Å². The Morgan fingerprint density at radius 2 is 1.56 bits per heavy atom. The quantitative estimate of drug-likeness (QED) is 0.140. The molecule has 0 spiro atoms. The van der Waals surface area contributed by atoms with Crippen LogP contribution in [0.2, 0.25) is 0 Å². The lowest BCUT2D eigenvalue weighted by molar-refractivity contribution is -0.384. The Bertz CT molecular complexity index is 1730. The van der Waals surface area contributed by atoms with Gasteiger partial charge in [-0.15, -0.1) is 0 Å². The molecule has 0 saturated carbocycles. The molecule has 0 heterocycles. The van der Waals surface area contributed by atoms with Crippen molar-refractivity contribution in [3.8, 4) is 5.75 Å². The molecule has 4 rings (SSSR count). The van der Waals surface area contributed by atoms with Gasteiger partial charge in [-0.05, 0) is 72.3 Å². The van der Waals surface area contributed by atoms with Crippen molar-refractivity contribution in [3.05, 3.63) is 125 Å². The monoisotopic (exact) mass is 605 g/mol. The maximum atomic E-state index is 13.4. The molecule has 12 nitrogen and oxygen atoms in total. The first kappa shape index (κ1) is 30.3. The zero-order chi connectivity index (χ0) is 30.8. The molecule has 0 aromatic heterocycles. The first-order chi connectivity index (χ1) is 20.6. The minimum Gasteiger partial charge on any atom is -0.484 e. The largest absolute Gasteiger partial charge is 0.484 e. The van der Waals surface area contributed by atoms with Crippen LogP contribution in [0, 0.1) is 15.9 Å². The molecule has 0 bridgehead atoms. The number of nitro benzene ring substituents is 1. The summed E-state index contributed by atoms with van der Waals surface area (Å²) in [7, 11) is -4.36. The van der Waals surface area contributed by atoms with Gasteiger partial charge >= 0.3 is 0 Å². The Morgan fingerprint density at radius 3 is 2.23 bits per heavy atom. The smallest absolute Gasteiger partial charge is 0.293 e. The molecule has 0 atom stereocenters. The summed E-state index contributed by atoms with van der Waals surface area (Å²) < 4.78 is 45.9. The van der Waals surface area contributed by atoms with Crippen LogP contribution in [0.5, 0.6) is 5.75 Å². The average Bonchev–Trinajstić information content (AvgIpc) is 3.01. The Labute approximate surface area is 245 Å². The number of hydrazone groups is 1. The van der Waals surface area contributed by atoms with Gasteiger partial charge in [-0.3, -0.25) is 19.7 Å². The molecule has 14 heteroatoms. The number of carbonyl (C=O) groups is 2. The minimum atomic E-state index is -4.36. The van der Waals surface area contributed by atoms with E-state index in [0.29, 0.717) is 21.3 Å². The number of ether oxygens (including phenoxy) is 1. The van der Waals surface area contributed by atoms with E-state index < -0.39 is 44.8 Å². The Morgan fingerprint density at radius 1 is 0.907 bits per heavy atom. The molecule has 0 aliphatic heterocycles. The highest BCUT2D eigenvalue weighted by Gasteiger charge is 2.31. The first-order valence-electron chi connectivity index (χ1n) is 12.5. The molecule has 4 aromatic rings. The number of sulfonamides is 1. The molecule has 4 aromatic carbocycles. The summed E-state index contributed by atoms with van der Waals surface area (Å²) in [6, 6.07) is 24.1. The van der Waals surface area contributed by atoms with Gasteiger partial charge in [0.2, 0.25) is 0 Å². The van der Waals surface area contributed by atoms with E-state index in [1.165, 1.54) is 72.9 Å². The van der Waals surface area contributed by atoms with Crippen LogP contribution in [0.15, 0.2) is 113 Å². The number of benzene rings is 4. The Kier molecular flexibility index (Phi) is 9.75. The topological polar surface area (TPSA) is 160 Å². The van der Waals surface area contributed by atoms with E-state index in [1.807, 2.05) is 0 Å². The minimum absolute atomic E-state index is 0.153. The van der Waals surface area contributed by atoms with E-state index in [1.54, 1.807) is 30.3 Å². The van der Waals surface area contributed by atoms with Crippen LogP contribution in [0.1, 0.15) is 5.56 Å². The third-order valence-electron chi connectivity index (χ3n) is 5.75. The number of hydrogen-bond donors (Lipinski definition) is 2. The van der Waals surface area contributed by atoms with Gasteiger partial charge < -0.3 is 10.1 Å². The lowest BCUT2D eigenvalue weighted by atomic mass is 10.2. The summed E-state index contributed by atoms with van der Waals surface area (Å²) in [6.45, 7) is -1.07. The van der Waals surface area contributed by atoms with Crippen molar-refractivity contribution in [1.29, 1.82) is 0 Å². The standard InChI is InChI=1S/C29H24FN5O7S/c30-22-12-14-23(15-13-22)32-29(37)20-42-24-16-10-21(11-17-24)18-31-33-28(36)19-34(26-8-4-5-9-27(26)35(38)39)43(40,41)25-6-2-1-3-7-25/h1-18H,19-20H2,(H,32,37)(H,33,36)/b31-18-. The summed E-state index contributed by atoms with van der Waals surface area (Å²) in [5, 5.41) is 18.0. The van der Waals surface area contributed by atoms with Gasteiger partial charge in [0.15, 0.2) is 6.61 Å². The predicted octanol–water partition coefficient (Wildman–Crippen LogP) is 4.10. The lowest BCUT2D eigenvalue weighted by Gasteiger charge is -2.23. The van der Waals surface area contributed by atoms with Crippen molar-refractivity contribution in [2.75, 3.05) is 22.8 Å². The van der Waals surface area contributed by atoms with E-state index in [9.17, 15) is 32.5 Å². The number of carbonyl (C=O) groups excluding carboxylic acids is 2. The number of nitrogens with zero attached hydrogens (tertiary/aromatic N) is 3. The molecule has 0 aliphatic carbocycles. The van der Waals surface area contributed by atoms with E-state index >= 15 is 0 Å². The second kappa shape index (κ2) is 13.8. The molecule has 2 amide bonds. The van der Waals surface area contributed by atoms with Gasteiger partial charge in [0.1, 0.15) is 23.8 Å². The van der Waals surface area contributed by atoms with E-state index in [0.717, 1.165) is 6.07 Å². The highest BCUT2D eigenvalue weighted by molar-refractivity contribution is 7.92. The number of anilines is 2. The zero-order valence-electron chi connectivity index (χ0n) is 22.3. The lowest BCUT2D eigenvalue weighted by Crippen LogP contribution is -2.39. The second-order valence-electron chi connectivity index (χ2n) is 8.78. The van der Waals surface area contributed by atoms with Gasteiger partial charge in [0, 0.05) is 11.8 Å². The average molecular weight is 606 g/mol. The SMILES string of the molecule is O=C(CN(c1ccccc1[N+](=O)[O-])S(=O)(=O)c1ccccc1)N/N=C\c1ccc(OCC(=O)Nc2ccc(F)cc2)cc1. The van der Waals surface area contributed by atoms with Crippen LogP contribution >= 0.6 is 0 Å². The van der Waals surface area contributed by atoms with Crippen molar-refractivity contribution < 1.29 is 32.1 Å². The molecular weight excluding hydrogens is 581 g/mol. The molecule has 2 N–H and O–H groups in total. The van der Waals surface area contributed by atoms with Crippen molar-refractivity contribution in [2.24, 2.45) is 5.10 Å². The van der Waals surface area contributed by atoms with Crippen molar-refractivity contribution in [3.63, 3.8) is 0 Å². The molecule has 0 radical (unpaired) electrons. The summed E-state index contributed by atoms with van der Waals surface area (Å²) >= 11 is 0. The second-order valence-corrected chi connectivity index (χ2v) is 10.6. The van der Waals surface area contributed by atoms with Gasteiger partial charge in [0.25, 0.3) is 27.5 Å². The molecule has 0 aliphatic rings. The van der Waals surface area contributed by atoms with Crippen LogP contribution in [0.3, 0.4) is 0 Å². The van der Waals surface area contributed by atoms with E-state index in [2.05, 4.69) is 15.8 Å². The van der Waals surface area contributed by atoms with Crippen molar-refractivity contribution in [1.82, 2.24) is 5.43 Å². The fourth-order valence-electron chi connectivity index (χ4n) is 3.72. The highest BCUT2D eigenvalue weighted by Crippen LogP contribution is 2.31. The zero-order valence-corrected chi connectivity index (χ0v) is 23.1. The third-order valence-corrected chi connectivity index (χ3v) is 7.52. The van der Waals surface area contributed by atoms with Gasteiger partial charge in [-0.25, -0.2) is 22.5 Å². The maximum absolute atomic E-state index is 13.4. The third kappa shape index (κ3) is 8.20. The fourth-order valence-corrected chi connectivity index (χ4v) is 5.18. The van der Waals surface area contributed by atoms with Crippen molar-refractivity contribution in [2.45, 2.75) is 4.90 Å². The number of para-hydroxylation sites is 2. The van der Waals surface area contributed by atoms with Gasteiger partial charge in [-0.2, -0.15) is 5.10 Å². The molecule has 0 fully saturated rings. The Balaban J connectivity index is 1.38. The first-order valence-corrected chi connectivity index (χ1v) is 14.0. The van der Waals surface area contributed by atoms with Crippen LogP contribution in [0.25, 0.3) is 0 Å². The highest BCUT2D eigenvalue weighted by atomic mass is 32.2. The van der Waals surface area contributed by atoms with Gasteiger partial charge in [-0.1, -0.05) is 30.3 Å². The molecule has 43 heavy (non-hydrogen) atoms. The summed E-state index contributed by atoms with van der Waals surface area (Å²) in [4.78, 5) is 35.5. The van der Waals surface area contributed by atoms with Crippen LogP contribution in [-0.2, 0) is 19.6 Å². The van der Waals surface area contributed by atoms with Crippen LogP contribution in [-0.4, -0.2) is 44.5 Å². The Hall–Kier alpha value is -5.63. The normalized spacial score (nSPS) is 11.1. The van der Waals surface area contributed by atoms with Gasteiger partial charge in [0.05, 0.1) is 16.0 Å². The fraction of sp³-hybridized carbons (Fsp3) is 0.0690.